The molecule has 0 aromatic heterocycles. The molecule has 1 saturated heterocycles. The van der Waals surface area contributed by atoms with Crippen LogP contribution in [-0.2, 0) is 4.79 Å². The fourth-order valence-electron chi connectivity index (χ4n) is 3.22. The molecule has 0 aliphatic carbocycles. The number of carbonyl (C=O) groups is 1. The highest BCUT2D eigenvalue weighted by atomic mass is 16.2. The quantitative estimate of drug-likeness (QED) is 0.721. The van der Waals surface area contributed by atoms with Crippen molar-refractivity contribution < 1.29 is 4.79 Å². The Balaban J connectivity index is 2.67. The van der Waals surface area contributed by atoms with Crippen LogP contribution in [0.2, 0.25) is 0 Å². The maximum absolute atomic E-state index is 11.6. The normalized spacial score (nSPS) is 20.6. The number of piperidine rings is 1. The maximum atomic E-state index is 11.6. The van der Waals surface area contributed by atoms with Crippen molar-refractivity contribution in [2.75, 3.05) is 13.1 Å². The van der Waals surface area contributed by atoms with Crippen molar-refractivity contribution in [1.29, 1.82) is 0 Å². The molecule has 0 spiro atoms. The first-order valence-electron chi connectivity index (χ1n) is 6.71. The lowest BCUT2D eigenvalue weighted by Gasteiger charge is -2.47. The van der Waals surface area contributed by atoms with E-state index < -0.39 is 0 Å². The van der Waals surface area contributed by atoms with Gasteiger partial charge < -0.3 is 4.90 Å². The molecule has 0 unspecified atom stereocenters. The molecule has 1 heterocycles. The van der Waals surface area contributed by atoms with Crippen molar-refractivity contribution in [3.63, 3.8) is 0 Å². The third kappa shape index (κ3) is 2.41. The lowest BCUT2D eigenvalue weighted by atomic mass is 9.63. The van der Waals surface area contributed by atoms with Gasteiger partial charge in [0.1, 0.15) is 0 Å². The molecule has 0 atom stereocenters. The van der Waals surface area contributed by atoms with Crippen molar-refractivity contribution in [2.45, 2.75) is 53.9 Å². The Morgan fingerprint density at radius 3 is 1.88 bits per heavy atom. The second-order valence-corrected chi connectivity index (χ2v) is 5.78. The van der Waals surface area contributed by atoms with E-state index in [2.05, 4.69) is 27.7 Å². The van der Waals surface area contributed by atoms with Gasteiger partial charge in [-0.3, -0.25) is 4.79 Å². The topological polar surface area (TPSA) is 20.3 Å². The highest BCUT2D eigenvalue weighted by Crippen LogP contribution is 2.45. The number of hydrogen-bond donors (Lipinski definition) is 0. The standard InChI is InChI=1S/C14H27NO/c1-6-13(16)15-9-7-14(8-10-15,11(2)3)12(4)5/h11-12H,6-10H2,1-5H3. The van der Waals surface area contributed by atoms with Crippen LogP contribution >= 0.6 is 0 Å². The average molecular weight is 225 g/mol. The first kappa shape index (κ1) is 13.5. The Kier molecular flexibility index (Phi) is 4.40. The van der Waals surface area contributed by atoms with Gasteiger partial charge in [-0.05, 0) is 30.1 Å². The zero-order valence-electron chi connectivity index (χ0n) is 11.5. The summed E-state index contributed by atoms with van der Waals surface area (Å²) in [5.74, 6) is 1.75. The molecule has 1 rings (SSSR count). The monoisotopic (exact) mass is 225 g/mol. The van der Waals surface area contributed by atoms with Crippen LogP contribution in [0.1, 0.15) is 53.9 Å². The summed E-state index contributed by atoms with van der Waals surface area (Å²) in [4.78, 5) is 13.7. The molecule has 1 aliphatic rings. The highest BCUT2D eigenvalue weighted by Gasteiger charge is 2.40. The molecule has 2 heteroatoms. The van der Waals surface area contributed by atoms with E-state index in [1.54, 1.807) is 0 Å². The average Bonchev–Trinajstić information content (AvgIpc) is 2.27. The number of carbonyl (C=O) groups excluding carboxylic acids is 1. The molecule has 0 saturated carbocycles. The lowest BCUT2D eigenvalue weighted by molar-refractivity contribution is -0.134. The van der Waals surface area contributed by atoms with Gasteiger partial charge in [0.05, 0.1) is 0 Å². The van der Waals surface area contributed by atoms with Gasteiger partial charge in [0.15, 0.2) is 0 Å². The molecule has 1 aliphatic heterocycles. The van der Waals surface area contributed by atoms with Gasteiger partial charge in [-0.15, -0.1) is 0 Å². The zero-order valence-corrected chi connectivity index (χ0v) is 11.5. The Morgan fingerprint density at radius 1 is 1.12 bits per heavy atom. The number of amides is 1. The lowest BCUT2D eigenvalue weighted by Crippen LogP contribution is -2.47. The largest absolute Gasteiger partial charge is 0.343 e. The summed E-state index contributed by atoms with van der Waals surface area (Å²) in [5, 5.41) is 0. The number of likely N-dealkylation sites (tertiary alicyclic amines) is 1. The zero-order chi connectivity index (χ0) is 12.3. The van der Waals surface area contributed by atoms with E-state index >= 15 is 0 Å². The maximum Gasteiger partial charge on any atom is 0.222 e. The molecule has 0 bridgehead atoms. The van der Waals surface area contributed by atoms with Crippen molar-refractivity contribution in [2.24, 2.45) is 17.3 Å². The molecule has 16 heavy (non-hydrogen) atoms. The summed E-state index contributed by atoms with van der Waals surface area (Å²) in [6.07, 6.45) is 3.00. The second kappa shape index (κ2) is 5.20. The van der Waals surface area contributed by atoms with E-state index in [-0.39, 0.29) is 0 Å². The van der Waals surface area contributed by atoms with Crippen LogP contribution in [0.25, 0.3) is 0 Å². The number of rotatable bonds is 3. The minimum atomic E-state index is 0.320. The highest BCUT2D eigenvalue weighted by molar-refractivity contribution is 5.75. The van der Waals surface area contributed by atoms with Crippen molar-refractivity contribution >= 4 is 5.91 Å². The molecule has 1 fully saturated rings. The summed E-state index contributed by atoms with van der Waals surface area (Å²) in [5.41, 5.74) is 0.449. The fraction of sp³-hybridized carbons (Fsp3) is 0.929. The summed E-state index contributed by atoms with van der Waals surface area (Å²) >= 11 is 0. The van der Waals surface area contributed by atoms with Crippen LogP contribution in [0.5, 0.6) is 0 Å². The van der Waals surface area contributed by atoms with Crippen molar-refractivity contribution in [1.82, 2.24) is 4.90 Å². The van der Waals surface area contributed by atoms with Crippen LogP contribution in [0.15, 0.2) is 0 Å². The SMILES string of the molecule is CCC(=O)N1CCC(C(C)C)(C(C)C)CC1. The third-order valence-electron chi connectivity index (χ3n) is 4.65. The van der Waals surface area contributed by atoms with E-state index in [1.807, 2.05) is 11.8 Å². The third-order valence-corrected chi connectivity index (χ3v) is 4.65. The molecular formula is C14H27NO. The van der Waals surface area contributed by atoms with Gasteiger partial charge in [0.2, 0.25) is 5.91 Å². The van der Waals surface area contributed by atoms with Gasteiger partial charge in [-0.2, -0.15) is 0 Å². The van der Waals surface area contributed by atoms with Crippen LogP contribution in [0.4, 0.5) is 0 Å². The van der Waals surface area contributed by atoms with E-state index in [0.717, 1.165) is 13.1 Å². The summed E-state index contributed by atoms with van der Waals surface area (Å²) < 4.78 is 0. The second-order valence-electron chi connectivity index (χ2n) is 5.78. The van der Waals surface area contributed by atoms with E-state index in [1.165, 1.54) is 12.8 Å². The minimum Gasteiger partial charge on any atom is -0.343 e. The van der Waals surface area contributed by atoms with Crippen LogP contribution in [0.3, 0.4) is 0 Å². The smallest absolute Gasteiger partial charge is 0.222 e. The van der Waals surface area contributed by atoms with Gasteiger partial charge in [0, 0.05) is 19.5 Å². The van der Waals surface area contributed by atoms with Gasteiger partial charge >= 0.3 is 0 Å². The molecular weight excluding hydrogens is 198 g/mol. The first-order chi connectivity index (χ1) is 7.44. The predicted octanol–water partition coefficient (Wildman–Crippen LogP) is 3.32. The Bertz CT molecular complexity index is 227. The molecule has 0 aromatic rings. The first-order valence-corrected chi connectivity index (χ1v) is 6.71. The Morgan fingerprint density at radius 2 is 1.56 bits per heavy atom. The van der Waals surface area contributed by atoms with Crippen LogP contribution in [-0.4, -0.2) is 23.9 Å². The number of nitrogens with zero attached hydrogens (tertiary/aromatic N) is 1. The van der Waals surface area contributed by atoms with Gasteiger partial charge in [-0.25, -0.2) is 0 Å². The van der Waals surface area contributed by atoms with E-state index in [9.17, 15) is 4.79 Å². The van der Waals surface area contributed by atoms with Gasteiger partial charge in [0.25, 0.3) is 0 Å². The van der Waals surface area contributed by atoms with Crippen LogP contribution in [0, 0.1) is 17.3 Å². The van der Waals surface area contributed by atoms with Crippen molar-refractivity contribution in [3.05, 3.63) is 0 Å². The minimum absolute atomic E-state index is 0.320. The number of hydrogen-bond acceptors (Lipinski definition) is 1. The van der Waals surface area contributed by atoms with Crippen molar-refractivity contribution in [3.8, 4) is 0 Å². The summed E-state index contributed by atoms with van der Waals surface area (Å²) in [6, 6.07) is 0. The Labute approximate surface area is 100 Å². The predicted molar refractivity (Wildman–Crippen MR) is 68.2 cm³/mol. The van der Waals surface area contributed by atoms with Crippen LogP contribution < -0.4 is 0 Å². The molecule has 0 radical (unpaired) electrons. The Hall–Kier alpha value is -0.530. The molecule has 94 valence electrons. The van der Waals surface area contributed by atoms with E-state index in [0.29, 0.717) is 29.6 Å². The van der Waals surface area contributed by atoms with Gasteiger partial charge in [-0.1, -0.05) is 34.6 Å². The molecule has 1 amide bonds. The molecule has 2 nitrogen and oxygen atoms in total. The molecule has 0 aromatic carbocycles. The summed E-state index contributed by atoms with van der Waals surface area (Å²) in [7, 11) is 0. The van der Waals surface area contributed by atoms with E-state index in [4.69, 9.17) is 0 Å². The fourth-order valence-corrected chi connectivity index (χ4v) is 3.22. The summed E-state index contributed by atoms with van der Waals surface area (Å²) in [6.45, 7) is 13.2. The molecule has 0 N–H and O–H groups in total.